The van der Waals surface area contributed by atoms with E-state index in [1.807, 2.05) is 50.2 Å². The molecule has 2 aromatic rings. The Balaban J connectivity index is 2.58. The minimum atomic E-state index is -0.292. The highest BCUT2D eigenvalue weighted by Gasteiger charge is 2.22. The average molecular weight is 353 g/mol. The van der Waals surface area contributed by atoms with E-state index in [-0.39, 0.29) is 5.97 Å². The third kappa shape index (κ3) is 4.66. The zero-order chi connectivity index (χ0) is 18.9. The van der Waals surface area contributed by atoms with Crippen LogP contribution in [0.5, 0.6) is 5.75 Å². The summed E-state index contributed by atoms with van der Waals surface area (Å²) in [6.45, 7) is 10.3. The summed E-state index contributed by atoms with van der Waals surface area (Å²) in [6.07, 6.45) is 3.42. The lowest BCUT2D eigenvalue weighted by atomic mass is 9.96. The van der Waals surface area contributed by atoms with Crippen molar-refractivity contribution in [2.45, 2.75) is 33.6 Å². The monoisotopic (exact) mass is 353 g/mol. The molecule has 0 fully saturated rings. The SMILES string of the molecule is C=CCOc1cc(CCC)c(C(=O)OCC)c(C)c1Nc1ccccc1. The highest BCUT2D eigenvalue weighted by molar-refractivity contribution is 5.96. The van der Waals surface area contributed by atoms with Crippen molar-refractivity contribution in [3.63, 3.8) is 0 Å². The second kappa shape index (κ2) is 9.66. The molecule has 1 N–H and O–H groups in total. The van der Waals surface area contributed by atoms with Gasteiger partial charge in [-0.15, -0.1) is 0 Å². The number of nitrogens with one attached hydrogen (secondary N) is 1. The fourth-order valence-electron chi connectivity index (χ4n) is 2.89. The van der Waals surface area contributed by atoms with Crippen molar-refractivity contribution in [2.75, 3.05) is 18.5 Å². The van der Waals surface area contributed by atoms with Crippen LogP contribution < -0.4 is 10.1 Å². The Bertz CT molecular complexity index is 754. The van der Waals surface area contributed by atoms with E-state index in [1.54, 1.807) is 6.08 Å². The molecular formula is C22H27NO3. The number of carbonyl (C=O) groups excluding carboxylic acids is 1. The molecule has 0 bridgehead atoms. The van der Waals surface area contributed by atoms with Crippen LogP contribution >= 0.6 is 0 Å². The second-order valence-corrected chi connectivity index (χ2v) is 5.97. The number of aryl methyl sites for hydroxylation is 1. The second-order valence-electron chi connectivity index (χ2n) is 5.97. The fraction of sp³-hybridized carbons (Fsp3) is 0.318. The standard InChI is InChI=1S/C22H27NO3/c1-5-11-17-15-19(26-14-6-2)21(23-18-12-9-8-10-13-18)16(4)20(17)22(24)25-7-3/h6,8-10,12-13,15,23H,2,5,7,11,14H2,1,3-4H3. The predicted molar refractivity (Wildman–Crippen MR) is 107 cm³/mol. The van der Waals surface area contributed by atoms with Crippen LogP contribution in [-0.2, 0) is 11.2 Å². The van der Waals surface area contributed by atoms with Crippen LogP contribution in [0.1, 0.15) is 41.8 Å². The molecule has 0 aromatic heterocycles. The van der Waals surface area contributed by atoms with Crippen LogP contribution in [0.2, 0.25) is 0 Å². The van der Waals surface area contributed by atoms with Crippen LogP contribution in [0.3, 0.4) is 0 Å². The number of ether oxygens (including phenoxy) is 2. The lowest BCUT2D eigenvalue weighted by Crippen LogP contribution is -2.13. The van der Waals surface area contributed by atoms with Crippen molar-refractivity contribution in [1.82, 2.24) is 0 Å². The van der Waals surface area contributed by atoms with Crippen LogP contribution in [0.4, 0.5) is 11.4 Å². The molecule has 0 atom stereocenters. The van der Waals surface area contributed by atoms with Gasteiger partial charge in [-0.05, 0) is 49.6 Å². The van der Waals surface area contributed by atoms with Gasteiger partial charge in [-0.3, -0.25) is 0 Å². The summed E-state index contributed by atoms with van der Waals surface area (Å²) < 4.78 is 11.2. The highest BCUT2D eigenvalue weighted by Crippen LogP contribution is 2.36. The molecule has 0 unspecified atom stereocenters. The average Bonchev–Trinajstić information content (AvgIpc) is 2.64. The molecule has 0 amide bonds. The Morgan fingerprint density at radius 2 is 1.96 bits per heavy atom. The van der Waals surface area contributed by atoms with Gasteiger partial charge in [0.2, 0.25) is 0 Å². The van der Waals surface area contributed by atoms with Gasteiger partial charge in [0.15, 0.2) is 0 Å². The van der Waals surface area contributed by atoms with Gasteiger partial charge in [0.1, 0.15) is 12.4 Å². The van der Waals surface area contributed by atoms with E-state index >= 15 is 0 Å². The van der Waals surface area contributed by atoms with E-state index in [1.165, 1.54) is 0 Å². The smallest absolute Gasteiger partial charge is 0.338 e. The Morgan fingerprint density at radius 3 is 2.58 bits per heavy atom. The Labute approximate surface area is 155 Å². The topological polar surface area (TPSA) is 47.6 Å². The summed E-state index contributed by atoms with van der Waals surface area (Å²) in [5, 5.41) is 3.39. The maximum Gasteiger partial charge on any atom is 0.338 e. The molecule has 138 valence electrons. The Kier molecular flexibility index (Phi) is 7.27. The van der Waals surface area contributed by atoms with E-state index in [0.717, 1.165) is 35.3 Å². The zero-order valence-electron chi connectivity index (χ0n) is 15.8. The number of hydrogen-bond acceptors (Lipinski definition) is 4. The number of rotatable bonds is 9. The lowest BCUT2D eigenvalue weighted by molar-refractivity contribution is 0.0524. The summed E-state index contributed by atoms with van der Waals surface area (Å²) in [4.78, 5) is 12.6. The number of hydrogen-bond donors (Lipinski definition) is 1. The number of carbonyl (C=O) groups is 1. The Hall–Kier alpha value is -2.75. The van der Waals surface area contributed by atoms with Crippen LogP contribution in [-0.4, -0.2) is 19.2 Å². The van der Waals surface area contributed by atoms with Crippen molar-refractivity contribution < 1.29 is 14.3 Å². The van der Waals surface area contributed by atoms with Gasteiger partial charge in [0, 0.05) is 5.69 Å². The van der Waals surface area contributed by atoms with E-state index in [2.05, 4.69) is 18.8 Å². The van der Waals surface area contributed by atoms with E-state index < -0.39 is 0 Å². The number of esters is 1. The zero-order valence-corrected chi connectivity index (χ0v) is 15.8. The van der Waals surface area contributed by atoms with Crippen LogP contribution in [0.25, 0.3) is 0 Å². The maximum absolute atomic E-state index is 12.6. The van der Waals surface area contributed by atoms with Crippen molar-refractivity contribution >= 4 is 17.3 Å². The summed E-state index contributed by atoms with van der Waals surface area (Å²) in [7, 11) is 0. The molecule has 0 aliphatic carbocycles. The van der Waals surface area contributed by atoms with Gasteiger partial charge in [0.05, 0.1) is 17.9 Å². The molecular weight excluding hydrogens is 326 g/mol. The first-order chi connectivity index (χ1) is 12.6. The largest absolute Gasteiger partial charge is 0.487 e. The van der Waals surface area contributed by atoms with Gasteiger partial charge in [0.25, 0.3) is 0 Å². The van der Waals surface area contributed by atoms with Crippen molar-refractivity contribution in [2.24, 2.45) is 0 Å². The summed E-state index contributed by atoms with van der Waals surface area (Å²) in [6, 6.07) is 11.8. The van der Waals surface area contributed by atoms with Gasteiger partial charge in [-0.1, -0.05) is 44.2 Å². The minimum Gasteiger partial charge on any atom is -0.487 e. The third-order valence-corrected chi connectivity index (χ3v) is 4.02. The molecule has 0 saturated heterocycles. The van der Waals surface area contributed by atoms with Gasteiger partial charge < -0.3 is 14.8 Å². The molecule has 0 aliphatic rings. The van der Waals surface area contributed by atoms with Crippen molar-refractivity contribution in [3.05, 3.63) is 65.7 Å². The first-order valence-corrected chi connectivity index (χ1v) is 9.01. The molecule has 0 saturated carbocycles. The minimum absolute atomic E-state index is 0.292. The van der Waals surface area contributed by atoms with Crippen LogP contribution in [0.15, 0.2) is 49.1 Å². The quantitative estimate of drug-likeness (QED) is 0.482. The fourth-order valence-corrected chi connectivity index (χ4v) is 2.89. The van der Waals surface area contributed by atoms with Crippen molar-refractivity contribution in [3.8, 4) is 5.75 Å². The van der Waals surface area contributed by atoms with E-state index in [9.17, 15) is 4.79 Å². The number of para-hydroxylation sites is 1. The maximum atomic E-state index is 12.6. The third-order valence-electron chi connectivity index (χ3n) is 4.02. The Morgan fingerprint density at radius 1 is 1.23 bits per heavy atom. The summed E-state index contributed by atoms with van der Waals surface area (Å²) >= 11 is 0. The lowest BCUT2D eigenvalue weighted by Gasteiger charge is -2.20. The highest BCUT2D eigenvalue weighted by atomic mass is 16.5. The molecule has 0 radical (unpaired) electrons. The number of benzene rings is 2. The van der Waals surface area contributed by atoms with Crippen LogP contribution in [0, 0.1) is 6.92 Å². The molecule has 0 heterocycles. The molecule has 2 rings (SSSR count). The normalized spacial score (nSPS) is 10.3. The van der Waals surface area contributed by atoms with Gasteiger partial charge >= 0.3 is 5.97 Å². The van der Waals surface area contributed by atoms with E-state index in [0.29, 0.717) is 24.5 Å². The predicted octanol–water partition coefficient (Wildman–Crippen LogP) is 5.43. The molecule has 0 spiro atoms. The van der Waals surface area contributed by atoms with Gasteiger partial charge in [-0.25, -0.2) is 4.79 Å². The summed E-state index contributed by atoms with van der Waals surface area (Å²) in [5.41, 5.74) is 4.11. The first kappa shape index (κ1) is 19.6. The van der Waals surface area contributed by atoms with Gasteiger partial charge in [-0.2, -0.15) is 0 Å². The molecule has 26 heavy (non-hydrogen) atoms. The molecule has 0 aliphatic heterocycles. The number of anilines is 2. The van der Waals surface area contributed by atoms with E-state index in [4.69, 9.17) is 9.47 Å². The molecule has 2 aromatic carbocycles. The summed E-state index contributed by atoms with van der Waals surface area (Å²) in [5.74, 6) is 0.419. The molecule has 4 heteroatoms. The van der Waals surface area contributed by atoms with Crippen molar-refractivity contribution in [1.29, 1.82) is 0 Å². The molecule has 4 nitrogen and oxygen atoms in total. The first-order valence-electron chi connectivity index (χ1n) is 9.01.